The van der Waals surface area contributed by atoms with Gasteiger partial charge in [-0.25, -0.2) is 0 Å². The highest BCUT2D eigenvalue weighted by molar-refractivity contribution is 5.94. The predicted molar refractivity (Wildman–Crippen MR) is 80.1 cm³/mol. The van der Waals surface area contributed by atoms with Crippen molar-refractivity contribution in [3.8, 4) is 0 Å². The Bertz CT molecular complexity index is 481. The van der Waals surface area contributed by atoms with E-state index in [1.54, 1.807) is 0 Å². The molecule has 0 bridgehead atoms. The van der Waals surface area contributed by atoms with Gasteiger partial charge in [0.25, 0.3) is 5.91 Å². The molecule has 4 nitrogen and oxygen atoms in total. The van der Waals surface area contributed by atoms with Crippen LogP contribution in [0.2, 0.25) is 0 Å². The lowest BCUT2D eigenvalue weighted by atomic mass is 10.1. The lowest BCUT2D eigenvalue weighted by molar-refractivity contribution is 0.0947. The zero-order chi connectivity index (χ0) is 13.8. The zero-order valence-electron chi connectivity index (χ0n) is 12.0. The van der Waals surface area contributed by atoms with Crippen molar-refractivity contribution in [2.45, 2.75) is 19.3 Å². The first kappa shape index (κ1) is 13.6. The third-order valence-electron chi connectivity index (χ3n) is 4.28. The molecular formula is C16H23N3O. The average Bonchev–Trinajstić information content (AvgIpc) is 2.95. The summed E-state index contributed by atoms with van der Waals surface area (Å²) in [5.41, 5.74) is 3.59. The molecule has 0 saturated carbocycles. The summed E-state index contributed by atoms with van der Waals surface area (Å²) in [6, 6.07) is 6.15. The van der Waals surface area contributed by atoms with Crippen molar-refractivity contribution < 1.29 is 4.79 Å². The van der Waals surface area contributed by atoms with Crippen LogP contribution < -0.4 is 10.6 Å². The Balaban J connectivity index is 1.49. The van der Waals surface area contributed by atoms with E-state index in [0.717, 1.165) is 51.3 Å². The van der Waals surface area contributed by atoms with Gasteiger partial charge in [0.1, 0.15) is 0 Å². The van der Waals surface area contributed by atoms with Crippen LogP contribution in [0.4, 0.5) is 0 Å². The highest BCUT2D eigenvalue weighted by Crippen LogP contribution is 2.22. The summed E-state index contributed by atoms with van der Waals surface area (Å²) in [6.07, 6.45) is 3.51. The Hall–Kier alpha value is -1.39. The molecule has 1 heterocycles. The van der Waals surface area contributed by atoms with Crippen LogP contribution in [0.1, 0.15) is 27.9 Å². The highest BCUT2D eigenvalue weighted by atomic mass is 16.1. The molecule has 20 heavy (non-hydrogen) atoms. The van der Waals surface area contributed by atoms with Crippen molar-refractivity contribution in [1.82, 2.24) is 15.5 Å². The largest absolute Gasteiger partial charge is 0.351 e. The third kappa shape index (κ3) is 3.19. The molecule has 4 heteroatoms. The molecule has 3 rings (SSSR count). The molecule has 1 amide bonds. The molecular weight excluding hydrogens is 250 g/mol. The van der Waals surface area contributed by atoms with Crippen molar-refractivity contribution in [2.24, 2.45) is 0 Å². The average molecular weight is 273 g/mol. The monoisotopic (exact) mass is 273 g/mol. The predicted octanol–water partition coefficient (Wildman–Crippen LogP) is 0.810. The molecule has 2 N–H and O–H groups in total. The fourth-order valence-electron chi connectivity index (χ4n) is 3.08. The van der Waals surface area contributed by atoms with Gasteiger partial charge in [-0.3, -0.25) is 9.69 Å². The second kappa shape index (κ2) is 6.37. The number of fused-ring (bicyclic) bond motifs is 1. The first-order chi connectivity index (χ1) is 9.83. The van der Waals surface area contributed by atoms with Crippen LogP contribution in [-0.4, -0.2) is 50.1 Å². The van der Waals surface area contributed by atoms with Gasteiger partial charge < -0.3 is 10.6 Å². The van der Waals surface area contributed by atoms with Crippen LogP contribution in [0.25, 0.3) is 0 Å². The molecule has 0 unspecified atom stereocenters. The van der Waals surface area contributed by atoms with Crippen LogP contribution in [-0.2, 0) is 12.8 Å². The summed E-state index contributed by atoms with van der Waals surface area (Å²) >= 11 is 0. The first-order valence-electron chi connectivity index (χ1n) is 7.66. The smallest absolute Gasteiger partial charge is 0.251 e. The van der Waals surface area contributed by atoms with Crippen LogP contribution in [0.15, 0.2) is 18.2 Å². The number of rotatable bonds is 4. The second-order valence-electron chi connectivity index (χ2n) is 5.68. The van der Waals surface area contributed by atoms with Crippen LogP contribution in [0.5, 0.6) is 0 Å². The molecule has 1 saturated heterocycles. The van der Waals surface area contributed by atoms with Crippen molar-refractivity contribution in [1.29, 1.82) is 0 Å². The van der Waals surface area contributed by atoms with E-state index >= 15 is 0 Å². The molecule has 1 aromatic carbocycles. The van der Waals surface area contributed by atoms with Gasteiger partial charge >= 0.3 is 0 Å². The third-order valence-corrected chi connectivity index (χ3v) is 4.28. The van der Waals surface area contributed by atoms with Crippen molar-refractivity contribution in [3.05, 3.63) is 34.9 Å². The van der Waals surface area contributed by atoms with Crippen molar-refractivity contribution >= 4 is 5.91 Å². The van der Waals surface area contributed by atoms with Crippen molar-refractivity contribution in [2.75, 3.05) is 39.3 Å². The van der Waals surface area contributed by atoms with E-state index in [0.29, 0.717) is 0 Å². The number of hydrogen-bond acceptors (Lipinski definition) is 3. The SMILES string of the molecule is O=C(NCCN1CCNCC1)c1ccc2c(c1)CCC2. The van der Waals surface area contributed by atoms with Crippen LogP contribution in [0, 0.1) is 0 Å². The Morgan fingerprint density at radius 2 is 2.00 bits per heavy atom. The Morgan fingerprint density at radius 3 is 2.85 bits per heavy atom. The summed E-state index contributed by atoms with van der Waals surface area (Å²) in [6.45, 7) is 5.94. The number of benzene rings is 1. The first-order valence-corrected chi connectivity index (χ1v) is 7.66. The minimum atomic E-state index is 0.0647. The summed E-state index contributed by atoms with van der Waals surface area (Å²) in [5, 5.41) is 6.37. The molecule has 108 valence electrons. The maximum absolute atomic E-state index is 12.1. The number of aryl methyl sites for hydroxylation is 2. The van der Waals surface area contributed by atoms with E-state index in [2.05, 4.69) is 27.7 Å². The summed E-state index contributed by atoms with van der Waals surface area (Å²) < 4.78 is 0. The highest BCUT2D eigenvalue weighted by Gasteiger charge is 2.14. The number of carbonyl (C=O) groups excluding carboxylic acids is 1. The van der Waals surface area contributed by atoms with E-state index < -0.39 is 0 Å². The standard InChI is InChI=1S/C16H23N3O/c20-16(18-8-11-19-9-6-17-7-10-19)15-5-4-13-2-1-3-14(13)12-15/h4-5,12,17H,1-3,6-11H2,(H,18,20). The van der Waals surface area contributed by atoms with E-state index in [1.165, 1.54) is 24.0 Å². The molecule has 0 radical (unpaired) electrons. The second-order valence-corrected chi connectivity index (χ2v) is 5.68. The maximum Gasteiger partial charge on any atom is 0.251 e. The van der Waals surface area contributed by atoms with Crippen molar-refractivity contribution in [3.63, 3.8) is 0 Å². The quantitative estimate of drug-likeness (QED) is 0.853. The molecule has 0 spiro atoms. The van der Waals surface area contributed by atoms with Gasteiger partial charge in [-0.05, 0) is 42.5 Å². The topological polar surface area (TPSA) is 44.4 Å². The number of amides is 1. The van der Waals surface area contributed by atoms with Gasteiger partial charge in [0.15, 0.2) is 0 Å². The normalized spacial score (nSPS) is 18.8. The lowest BCUT2D eigenvalue weighted by Gasteiger charge is -2.27. The number of carbonyl (C=O) groups is 1. The molecule has 1 aromatic rings. The van der Waals surface area contributed by atoms with Gasteiger partial charge in [-0.15, -0.1) is 0 Å². The van der Waals surface area contributed by atoms with E-state index in [4.69, 9.17) is 0 Å². The van der Waals surface area contributed by atoms with Gasteiger partial charge in [-0.2, -0.15) is 0 Å². The van der Waals surface area contributed by atoms with Gasteiger partial charge in [0.2, 0.25) is 0 Å². The Kier molecular flexibility index (Phi) is 4.33. The van der Waals surface area contributed by atoms with E-state index in [9.17, 15) is 4.79 Å². The van der Waals surface area contributed by atoms with E-state index in [1.807, 2.05) is 6.07 Å². The van der Waals surface area contributed by atoms with Crippen LogP contribution >= 0.6 is 0 Å². The molecule has 0 atom stereocenters. The summed E-state index contributed by atoms with van der Waals surface area (Å²) in [5.74, 6) is 0.0647. The molecule has 1 fully saturated rings. The fourth-order valence-corrected chi connectivity index (χ4v) is 3.08. The van der Waals surface area contributed by atoms with Gasteiger partial charge in [0, 0.05) is 44.8 Å². The number of nitrogens with one attached hydrogen (secondary N) is 2. The zero-order valence-corrected chi connectivity index (χ0v) is 12.0. The van der Waals surface area contributed by atoms with Gasteiger partial charge in [-0.1, -0.05) is 6.07 Å². The van der Waals surface area contributed by atoms with Gasteiger partial charge in [0.05, 0.1) is 0 Å². The summed E-state index contributed by atoms with van der Waals surface area (Å²) in [4.78, 5) is 14.5. The fraction of sp³-hybridized carbons (Fsp3) is 0.562. The Morgan fingerprint density at radius 1 is 1.20 bits per heavy atom. The maximum atomic E-state index is 12.1. The molecule has 1 aliphatic carbocycles. The number of nitrogens with zero attached hydrogens (tertiary/aromatic N) is 1. The minimum Gasteiger partial charge on any atom is -0.351 e. The van der Waals surface area contributed by atoms with Crippen LogP contribution in [0.3, 0.4) is 0 Å². The minimum absolute atomic E-state index is 0.0647. The number of piperazine rings is 1. The van der Waals surface area contributed by atoms with E-state index in [-0.39, 0.29) is 5.91 Å². The molecule has 1 aliphatic heterocycles. The number of hydrogen-bond donors (Lipinski definition) is 2. The summed E-state index contributed by atoms with van der Waals surface area (Å²) in [7, 11) is 0. The Labute approximate surface area is 120 Å². The molecule has 2 aliphatic rings. The lowest BCUT2D eigenvalue weighted by Crippen LogP contribution is -2.46. The molecule has 0 aromatic heterocycles.